The molecule has 0 bridgehead atoms. The topological polar surface area (TPSA) is 71.5 Å². The summed E-state index contributed by atoms with van der Waals surface area (Å²) in [5, 5.41) is 13.2. The third-order valence-corrected chi connectivity index (χ3v) is 5.39. The summed E-state index contributed by atoms with van der Waals surface area (Å²) in [5.74, 6) is 0.821. The minimum Gasteiger partial charge on any atom is -0.497 e. The molecular weight excluding hydrogens is 324 g/mol. The summed E-state index contributed by atoms with van der Waals surface area (Å²) in [4.78, 5) is 17.6. The maximum atomic E-state index is 12.5. The van der Waals surface area contributed by atoms with Crippen molar-refractivity contribution in [2.45, 2.75) is 33.2 Å². The Morgan fingerprint density at radius 2 is 2.04 bits per heavy atom. The number of carbonyl (C=O) groups is 1. The third-order valence-electron chi connectivity index (χ3n) is 4.18. The number of aromatic nitrogens is 1. The van der Waals surface area contributed by atoms with Crippen LogP contribution in [0.5, 0.6) is 5.75 Å². The van der Waals surface area contributed by atoms with E-state index in [2.05, 4.69) is 10.3 Å². The number of carbonyl (C=O) groups excluding carboxylic acids is 1. The highest BCUT2D eigenvalue weighted by atomic mass is 32.1. The smallest absolute Gasteiger partial charge is 0.263 e. The second kappa shape index (κ2) is 8.26. The van der Waals surface area contributed by atoms with E-state index >= 15 is 0 Å². The van der Waals surface area contributed by atoms with Crippen LogP contribution in [0, 0.1) is 12.8 Å². The van der Waals surface area contributed by atoms with Crippen molar-refractivity contribution < 1.29 is 14.6 Å². The van der Waals surface area contributed by atoms with Crippen LogP contribution in [0.2, 0.25) is 0 Å². The molecule has 6 heteroatoms. The minimum atomic E-state index is -0.242. The summed E-state index contributed by atoms with van der Waals surface area (Å²) in [6, 6.07) is 7.35. The van der Waals surface area contributed by atoms with Crippen LogP contribution in [0.4, 0.5) is 0 Å². The number of ether oxygens (including phenoxy) is 1. The monoisotopic (exact) mass is 348 g/mol. The van der Waals surface area contributed by atoms with E-state index in [0.29, 0.717) is 10.6 Å². The molecule has 0 saturated heterocycles. The number of thiazole rings is 1. The first-order valence-corrected chi connectivity index (χ1v) is 8.85. The molecule has 0 aliphatic heterocycles. The average Bonchev–Trinajstić information content (AvgIpc) is 3.00. The minimum absolute atomic E-state index is 0.0655. The van der Waals surface area contributed by atoms with Gasteiger partial charge in [-0.15, -0.1) is 11.3 Å². The number of nitrogens with one attached hydrogen (secondary N) is 1. The highest BCUT2D eigenvalue weighted by Gasteiger charge is 2.22. The van der Waals surface area contributed by atoms with Gasteiger partial charge in [0.05, 0.1) is 25.5 Å². The molecule has 24 heavy (non-hydrogen) atoms. The molecule has 1 aromatic carbocycles. The van der Waals surface area contributed by atoms with Crippen molar-refractivity contribution in [3.05, 3.63) is 34.8 Å². The molecule has 0 radical (unpaired) electrons. The molecule has 1 amide bonds. The van der Waals surface area contributed by atoms with E-state index in [1.165, 1.54) is 11.3 Å². The zero-order chi connectivity index (χ0) is 17.7. The van der Waals surface area contributed by atoms with Crippen molar-refractivity contribution in [3.8, 4) is 16.3 Å². The van der Waals surface area contributed by atoms with E-state index in [-0.39, 0.29) is 24.5 Å². The van der Waals surface area contributed by atoms with E-state index in [1.54, 1.807) is 7.11 Å². The first-order chi connectivity index (χ1) is 11.5. The Hall–Kier alpha value is -1.92. The van der Waals surface area contributed by atoms with Crippen molar-refractivity contribution in [2.24, 2.45) is 5.92 Å². The van der Waals surface area contributed by atoms with E-state index in [1.807, 2.05) is 45.0 Å². The fraction of sp³-hybridized carbons (Fsp3) is 0.444. The van der Waals surface area contributed by atoms with Gasteiger partial charge in [-0.3, -0.25) is 4.79 Å². The first kappa shape index (κ1) is 18.4. The summed E-state index contributed by atoms with van der Waals surface area (Å²) in [6.07, 6.45) is 0.893. The second-order valence-corrected chi connectivity index (χ2v) is 6.81. The quantitative estimate of drug-likeness (QED) is 0.806. The van der Waals surface area contributed by atoms with Crippen LogP contribution in [0.25, 0.3) is 10.6 Å². The molecule has 0 saturated carbocycles. The average molecular weight is 348 g/mol. The molecule has 0 aliphatic carbocycles. The number of aryl methyl sites for hydroxylation is 1. The Morgan fingerprint density at radius 3 is 2.58 bits per heavy atom. The number of nitrogens with zero attached hydrogens (tertiary/aromatic N) is 1. The summed E-state index contributed by atoms with van der Waals surface area (Å²) in [5.41, 5.74) is 1.65. The number of hydrogen-bond acceptors (Lipinski definition) is 5. The van der Waals surface area contributed by atoms with E-state index in [4.69, 9.17) is 4.74 Å². The van der Waals surface area contributed by atoms with Gasteiger partial charge in [-0.25, -0.2) is 4.98 Å². The normalized spacial score (nSPS) is 13.4. The van der Waals surface area contributed by atoms with Gasteiger partial charge in [0.15, 0.2) is 0 Å². The third kappa shape index (κ3) is 4.13. The van der Waals surface area contributed by atoms with Crippen LogP contribution in [0.1, 0.15) is 35.6 Å². The van der Waals surface area contributed by atoms with Crippen LogP contribution in [0.3, 0.4) is 0 Å². The number of aliphatic hydroxyl groups is 1. The Bertz CT molecular complexity index is 682. The van der Waals surface area contributed by atoms with Crippen LogP contribution in [-0.4, -0.2) is 35.8 Å². The number of amides is 1. The molecule has 0 unspecified atom stereocenters. The van der Waals surface area contributed by atoms with Crippen molar-refractivity contribution in [3.63, 3.8) is 0 Å². The SMILES string of the molecule is CC[C@H](C)[C@@H](CO)NC(=O)c1sc(-c2ccc(OC)cc2)nc1C. The Balaban J connectivity index is 2.19. The molecule has 1 aromatic heterocycles. The second-order valence-electron chi connectivity index (χ2n) is 5.81. The van der Waals surface area contributed by atoms with E-state index in [0.717, 1.165) is 22.7 Å². The maximum Gasteiger partial charge on any atom is 0.263 e. The molecule has 1 heterocycles. The molecule has 0 spiro atoms. The van der Waals surface area contributed by atoms with Crippen molar-refractivity contribution in [1.82, 2.24) is 10.3 Å². The number of rotatable bonds is 7. The lowest BCUT2D eigenvalue weighted by Gasteiger charge is -2.21. The molecule has 2 rings (SSSR count). The fourth-order valence-electron chi connectivity index (χ4n) is 2.35. The summed E-state index contributed by atoms with van der Waals surface area (Å²) >= 11 is 1.36. The van der Waals surface area contributed by atoms with Crippen LogP contribution >= 0.6 is 11.3 Å². The number of aliphatic hydroxyl groups excluding tert-OH is 1. The zero-order valence-electron chi connectivity index (χ0n) is 14.5. The lowest BCUT2D eigenvalue weighted by molar-refractivity contribution is 0.0894. The Labute approximate surface area is 146 Å². The lowest BCUT2D eigenvalue weighted by atomic mass is 10.00. The van der Waals surface area contributed by atoms with Gasteiger partial charge in [0.1, 0.15) is 15.6 Å². The van der Waals surface area contributed by atoms with Crippen LogP contribution in [-0.2, 0) is 0 Å². The number of hydrogen-bond donors (Lipinski definition) is 2. The predicted octanol–water partition coefficient (Wildman–Crippen LogP) is 3.26. The van der Waals surface area contributed by atoms with Crippen molar-refractivity contribution in [1.29, 1.82) is 0 Å². The predicted molar refractivity (Wildman–Crippen MR) is 96.6 cm³/mol. The summed E-state index contributed by atoms with van der Waals surface area (Å²) in [7, 11) is 1.62. The Kier molecular flexibility index (Phi) is 6.34. The van der Waals surface area contributed by atoms with Crippen LogP contribution < -0.4 is 10.1 Å². The van der Waals surface area contributed by atoms with Gasteiger partial charge in [0.2, 0.25) is 0 Å². The van der Waals surface area contributed by atoms with Gasteiger partial charge in [-0.2, -0.15) is 0 Å². The van der Waals surface area contributed by atoms with Gasteiger partial charge in [0, 0.05) is 5.56 Å². The summed E-state index contributed by atoms with van der Waals surface area (Å²) < 4.78 is 5.16. The molecular formula is C18H24N2O3S. The molecule has 2 aromatic rings. The molecule has 0 fully saturated rings. The van der Waals surface area contributed by atoms with E-state index < -0.39 is 0 Å². The van der Waals surface area contributed by atoms with Gasteiger partial charge in [-0.05, 0) is 37.1 Å². The van der Waals surface area contributed by atoms with Gasteiger partial charge in [0.25, 0.3) is 5.91 Å². The first-order valence-electron chi connectivity index (χ1n) is 8.03. The van der Waals surface area contributed by atoms with E-state index in [9.17, 15) is 9.90 Å². The van der Waals surface area contributed by atoms with Crippen molar-refractivity contribution in [2.75, 3.05) is 13.7 Å². The highest BCUT2D eigenvalue weighted by Crippen LogP contribution is 2.29. The lowest BCUT2D eigenvalue weighted by Crippen LogP contribution is -2.41. The van der Waals surface area contributed by atoms with Gasteiger partial charge < -0.3 is 15.2 Å². The highest BCUT2D eigenvalue weighted by molar-refractivity contribution is 7.17. The largest absolute Gasteiger partial charge is 0.497 e. The number of benzene rings is 1. The molecule has 2 N–H and O–H groups in total. The number of methoxy groups -OCH3 is 1. The molecule has 5 nitrogen and oxygen atoms in total. The van der Waals surface area contributed by atoms with Crippen molar-refractivity contribution >= 4 is 17.2 Å². The van der Waals surface area contributed by atoms with Gasteiger partial charge in [-0.1, -0.05) is 20.3 Å². The fourth-order valence-corrected chi connectivity index (χ4v) is 3.33. The molecule has 2 atom stereocenters. The molecule has 0 aliphatic rings. The Morgan fingerprint density at radius 1 is 1.38 bits per heavy atom. The summed E-state index contributed by atoms with van der Waals surface area (Å²) in [6.45, 7) is 5.82. The van der Waals surface area contributed by atoms with Gasteiger partial charge >= 0.3 is 0 Å². The zero-order valence-corrected chi connectivity index (χ0v) is 15.3. The molecule has 130 valence electrons. The van der Waals surface area contributed by atoms with Crippen LogP contribution in [0.15, 0.2) is 24.3 Å². The standard InChI is InChI=1S/C18H24N2O3S/c1-5-11(2)15(10-21)20-17(22)16-12(3)19-18(24-16)13-6-8-14(23-4)9-7-13/h6-9,11,15,21H,5,10H2,1-4H3,(H,20,22)/t11-,15+/m0/s1. The maximum absolute atomic E-state index is 12.5.